The van der Waals surface area contributed by atoms with Crippen molar-refractivity contribution in [1.82, 2.24) is 19.7 Å². The third kappa shape index (κ3) is 1.01. The fourth-order valence-electron chi connectivity index (χ4n) is 1.08. The predicted octanol–water partition coefficient (Wildman–Crippen LogP) is 1.43. The second-order valence-electron chi connectivity index (χ2n) is 2.57. The fraction of sp³-hybridized carbons (Fsp3) is 0.286. The van der Waals surface area contributed by atoms with Crippen molar-refractivity contribution >= 4 is 27.0 Å². The van der Waals surface area contributed by atoms with Crippen LogP contribution in [0.5, 0.6) is 0 Å². The van der Waals surface area contributed by atoms with Gasteiger partial charge in [-0.25, -0.2) is 14.6 Å². The minimum Gasteiger partial charge on any atom is -0.249 e. The van der Waals surface area contributed by atoms with Crippen molar-refractivity contribution in [2.24, 2.45) is 7.05 Å². The summed E-state index contributed by atoms with van der Waals surface area (Å²) in [5.74, 6) is 0.762. The van der Waals surface area contributed by atoms with Crippen molar-refractivity contribution in [3.05, 3.63) is 16.6 Å². The number of aromatic nitrogens is 4. The predicted molar refractivity (Wildman–Crippen MR) is 48.7 cm³/mol. The largest absolute Gasteiger partial charge is 0.249 e. The molecule has 0 amide bonds. The maximum atomic E-state index is 4.26. The van der Waals surface area contributed by atoms with Gasteiger partial charge in [-0.1, -0.05) is 0 Å². The Morgan fingerprint density at radius 1 is 1.50 bits per heavy atom. The number of halogens is 1. The van der Waals surface area contributed by atoms with Crippen molar-refractivity contribution < 1.29 is 0 Å². The zero-order valence-electron chi connectivity index (χ0n) is 6.74. The Morgan fingerprint density at radius 3 is 3.00 bits per heavy atom. The van der Waals surface area contributed by atoms with E-state index >= 15 is 0 Å². The first-order valence-electron chi connectivity index (χ1n) is 3.50. The molecule has 0 unspecified atom stereocenters. The van der Waals surface area contributed by atoms with E-state index in [1.165, 1.54) is 0 Å². The minimum atomic E-state index is 0.762. The van der Waals surface area contributed by atoms with Crippen LogP contribution in [0, 0.1) is 6.92 Å². The van der Waals surface area contributed by atoms with E-state index in [1.807, 2.05) is 14.0 Å². The van der Waals surface area contributed by atoms with Gasteiger partial charge in [-0.15, -0.1) is 0 Å². The number of fused-ring (bicyclic) bond motifs is 1. The number of hydrogen-bond acceptors (Lipinski definition) is 3. The van der Waals surface area contributed by atoms with Gasteiger partial charge in [-0.3, -0.25) is 0 Å². The highest BCUT2D eigenvalue weighted by atomic mass is 79.9. The van der Waals surface area contributed by atoms with Crippen LogP contribution in [0.2, 0.25) is 0 Å². The van der Waals surface area contributed by atoms with Gasteiger partial charge in [-0.2, -0.15) is 5.10 Å². The molecule has 62 valence electrons. The highest BCUT2D eigenvalue weighted by molar-refractivity contribution is 9.10. The molecule has 0 N–H and O–H groups in total. The number of aryl methyl sites for hydroxylation is 2. The van der Waals surface area contributed by atoms with Crippen LogP contribution < -0.4 is 0 Å². The molecule has 0 saturated carbocycles. The van der Waals surface area contributed by atoms with Crippen molar-refractivity contribution in [3.63, 3.8) is 0 Å². The number of nitrogens with zero attached hydrogens (tertiary/aromatic N) is 4. The Kier molecular flexibility index (Phi) is 1.61. The Hall–Kier alpha value is -0.970. The summed E-state index contributed by atoms with van der Waals surface area (Å²) < 4.78 is 2.52. The van der Waals surface area contributed by atoms with Crippen LogP contribution in [0.15, 0.2) is 10.8 Å². The summed E-state index contributed by atoms with van der Waals surface area (Å²) in [6.45, 7) is 1.86. The molecule has 0 spiro atoms. The minimum absolute atomic E-state index is 0.762. The summed E-state index contributed by atoms with van der Waals surface area (Å²) in [5, 5.41) is 5.11. The average Bonchev–Trinajstić information content (AvgIpc) is 2.28. The highest BCUT2D eigenvalue weighted by Gasteiger charge is 2.06. The lowest BCUT2D eigenvalue weighted by atomic mass is 10.4. The Morgan fingerprint density at radius 2 is 2.25 bits per heavy atom. The molecule has 0 saturated heterocycles. The second kappa shape index (κ2) is 2.52. The molecule has 2 aromatic rings. The Balaban J connectivity index is 2.90. The highest BCUT2D eigenvalue weighted by Crippen LogP contribution is 2.19. The lowest BCUT2D eigenvalue weighted by Crippen LogP contribution is -1.94. The van der Waals surface area contributed by atoms with Crippen molar-refractivity contribution in [2.75, 3.05) is 0 Å². The topological polar surface area (TPSA) is 43.6 Å². The molecular formula is C7H7BrN4. The third-order valence-corrected chi connectivity index (χ3v) is 2.24. The molecule has 0 atom stereocenters. The number of hydrogen-bond donors (Lipinski definition) is 0. The van der Waals surface area contributed by atoms with Gasteiger partial charge in [0.05, 0.1) is 5.39 Å². The molecule has 0 aromatic carbocycles. The zero-order valence-corrected chi connectivity index (χ0v) is 8.33. The first kappa shape index (κ1) is 7.67. The van der Waals surface area contributed by atoms with E-state index in [4.69, 9.17) is 0 Å². The average molecular weight is 227 g/mol. The van der Waals surface area contributed by atoms with E-state index in [9.17, 15) is 0 Å². The summed E-state index contributed by atoms with van der Waals surface area (Å²) in [4.78, 5) is 8.34. The molecule has 5 heteroatoms. The SMILES string of the molecule is Cc1ncc2c(Br)nn(C)c2n1. The van der Waals surface area contributed by atoms with E-state index in [2.05, 4.69) is 31.0 Å². The van der Waals surface area contributed by atoms with Gasteiger partial charge in [0.25, 0.3) is 0 Å². The molecule has 0 aliphatic heterocycles. The summed E-state index contributed by atoms with van der Waals surface area (Å²) >= 11 is 3.33. The molecule has 4 nitrogen and oxygen atoms in total. The maximum Gasteiger partial charge on any atom is 0.162 e. The Labute approximate surface area is 77.8 Å². The monoisotopic (exact) mass is 226 g/mol. The first-order valence-corrected chi connectivity index (χ1v) is 4.29. The molecule has 2 rings (SSSR count). The lowest BCUT2D eigenvalue weighted by Gasteiger charge is -1.92. The van der Waals surface area contributed by atoms with Crippen LogP contribution in [-0.4, -0.2) is 19.7 Å². The summed E-state index contributed by atoms with van der Waals surface area (Å²) in [5.41, 5.74) is 0.856. The van der Waals surface area contributed by atoms with E-state index in [-0.39, 0.29) is 0 Å². The van der Waals surface area contributed by atoms with Gasteiger partial charge >= 0.3 is 0 Å². The molecule has 2 heterocycles. The van der Waals surface area contributed by atoms with Crippen LogP contribution in [-0.2, 0) is 7.05 Å². The van der Waals surface area contributed by atoms with Gasteiger partial charge < -0.3 is 0 Å². The van der Waals surface area contributed by atoms with Crippen molar-refractivity contribution in [1.29, 1.82) is 0 Å². The number of rotatable bonds is 0. The standard InChI is InChI=1S/C7H7BrN4/c1-4-9-3-5-6(8)11-12(2)7(5)10-4/h3H,1-2H3. The van der Waals surface area contributed by atoms with Gasteiger partial charge in [0.2, 0.25) is 0 Å². The third-order valence-electron chi connectivity index (χ3n) is 1.66. The van der Waals surface area contributed by atoms with E-state index in [1.54, 1.807) is 10.9 Å². The quantitative estimate of drug-likeness (QED) is 0.683. The van der Waals surface area contributed by atoms with Crippen molar-refractivity contribution in [2.45, 2.75) is 6.92 Å². The van der Waals surface area contributed by atoms with Gasteiger partial charge in [-0.05, 0) is 22.9 Å². The molecule has 0 radical (unpaired) electrons. The van der Waals surface area contributed by atoms with Crippen LogP contribution in [0.25, 0.3) is 11.0 Å². The summed E-state index contributed by atoms with van der Waals surface area (Å²) in [6.07, 6.45) is 1.77. The second-order valence-corrected chi connectivity index (χ2v) is 3.32. The Bertz CT molecular complexity index is 434. The molecule has 0 fully saturated rings. The molecule has 0 bridgehead atoms. The van der Waals surface area contributed by atoms with Gasteiger partial charge in [0.1, 0.15) is 10.4 Å². The molecule has 2 aromatic heterocycles. The van der Waals surface area contributed by atoms with Crippen LogP contribution in [0.1, 0.15) is 5.82 Å². The molecule has 0 aliphatic carbocycles. The summed E-state index contributed by atoms with van der Waals surface area (Å²) in [6, 6.07) is 0. The first-order chi connectivity index (χ1) is 5.68. The van der Waals surface area contributed by atoms with E-state index in [0.29, 0.717) is 0 Å². The lowest BCUT2D eigenvalue weighted by molar-refractivity contribution is 0.775. The van der Waals surface area contributed by atoms with E-state index < -0.39 is 0 Å². The van der Waals surface area contributed by atoms with Gasteiger partial charge in [0, 0.05) is 13.2 Å². The van der Waals surface area contributed by atoms with Crippen LogP contribution >= 0.6 is 15.9 Å². The maximum absolute atomic E-state index is 4.26. The van der Waals surface area contributed by atoms with Gasteiger partial charge in [0.15, 0.2) is 5.65 Å². The molecule has 0 aliphatic rings. The normalized spacial score (nSPS) is 10.9. The fourth-order valence-corrected chi connectivity index (χ4v) is 1.60. The van der Waals surface area contributed by atoms with Crippen LogP contribution in [0.4, 0.5) is 0 Å². The van der Waals surface area contributed by atoms with Crippen molar-refractivity contribution in [3.8, 4) is 0 Å². The smallest absolute Gasteiger partial charge is 0.162 e. The zero-order chi connectivity index (χ0) is 8.72. The van der Waals surface area contributed by atoms with E-state index in [0.717, 1.165) is 21.5 Å². The van der Waals surface area contributed by atoms with Crippen LogP contribution in [0.3, 0.4) is 0 Å². The summed E-state index contributed by atoms with van der Waals surface area (Å²) in [7, 11) is 1.86. The molecular weight excluding hydrogens is 220 g/mol. The molecule has 12 heavy (non-hydrogen) atoms.